The molecular formula is C29H21ClN2O5S. The third kappa shape index (κ3) is 5.02. The minimum Gasteiger partial charge on any atom is -0.493 e. The van der Waals surface area contributed by atoms with E-state index in [0.717, 1.165) is 11.1 Å². The van der Waals surface area contributed by atoms with Crippen LogP contribution in [0.15, 0.2) is 89.6 Å². The van der Waals surface area contributed by atoms with Gasteiger partial charge in [0, 0.05) is 22.2 Å². The lowest BCUT2D eigenvalue weighted by Gasteiger charge is -2.27. The second-order valence-corrected chi connectivity index (χ2v) is 9.64. The Hall–Kier alpha value is -4.45. The number of carbonyl (C=O) groups is 1. The summed E-state index contributed by atoms with van der Waals surface area (Å²) in [6, 6.07) is 23.5. The lowest BCUT2D eigenvalue weighted by atomic mass is 9.83. The Bertz CT molecular complexity index is 1580. The molecule has 38 heavy (non-hydrogen) atoms. The third-order valence-electron chi connectivity index (χ3n) is 5.99. The Morgan fingerprint density at radius 1 is 1.11 bits per heavy atom. The summed E-state index contributed by atoms with van der Waals surface area (Å²) in [6.45, 7) is 0.263. The summed E-state index contributed by atoms with van der Waals surface area (Å²) in [5, 5.41) is 12.3. The summed E-state index contributed by atoms with van der Waals surface area (Å²) in [6.07, 6.45) is 0. The number of ether oxygens (including phenoxy) is 4. The number of methoxy groups -OCH3 is 1. The molecule has 7 nitrogen and oxygen atoms in total. The molecule has 0 radical (unpaired) electrons. The number of benzene rings is 3. The smallest absolute Gasteiger partial charge is 0.353 e. The van der Waals surface area contributed by atoms with Gasteiger partial charge in [-0.05, 0) is 41.3 Å². The van der Waals surface area contributed by atoms with Crippen LogP contribution in [0.1, 0.15) is 32.3 Å². The molecule has 5 rings (SSSR count). The largest absolute Gasteiger partial charge is 0.493 e. The van der Waals surface area contributed by atoms with Crippen LogP contribution in [-0.2, 0) is 6.61 Å². The van der Waals surface area contributed by atoms with E-state index < -0.39 is 11.9 Å². The molecule has 1 atom stereocenters. The normalized spacial score (nSPS) is 14.2. The Balaban J connectivity index is 1.45. The number of hydrogen-bond donors (Lipinski definition) is 1. The van der Waals surface area contributed by atoms with Crippen molar-refractivity contribution in [1.82, 2.24) is 0 Å². The Kier molecular flexibility index (Phi) is 7.22. The zero-order valence-electron chi connectivity index (χ0n) is 20.1. The average Bonchev–Trinajstić information content (AvgIpc) is 3.47. The van der Waals surface area contributed by atoms with Crippen molar-refractivity contribution in [3.05, 3.63) is 116 Å². The molecule has 0 aliphatic carbocycles. The van der Waals surface area contributed by atoms with Crippen LogP contribution in [-0.4, -0.2) is 13.1 Å². The van der Waals surface area contributed by atoms with Crippen molar-refractivity contribution in [1.29, 1.82) is 5.26 Å². The predicted molar refractivity (Wildman–Crippen MR) is 144 cm³/mol. The zero-order valence-corrected chi connectivity index (χ0v) is 21.7. The van der Waals surface area contributed by atoms with Gasteiger partial charge in [0.05, 0.1) is 13.0 Å². The first kappa shape index (κ1) is 25.2. The molecule has 0 amide bonds. The molecule has 1 aliphatic rings. The summed E-state index contributed by atoms with van der Waals surface area (Å²) in [5.74, 6) is 0.679. The molecular weight excluding hydrogens is 524 g/mol. The van der Waals surface area contributed by atoms with Gasteiger partial charge in [-0.25, -0.2) is 4.79 Å². The van der Waals surface area contributed by atoms with Crippen LogP contribution in [0, 0.1) is 11.3 Å². The topological polar surface area (TPSA) is 104 Å². The quantitative estimate of drug-likeness (QED) is 0.211. The van der Waals surface area contributed by atoms with E-state index >= 15 is 0 Å². The number of esters is 1. The van der Waals surface area contributed by atoms with Gasteiger partial charge in [-0.15, -0.1) is 11.3 Å². The number of thiophene rings is 1. The fourth-order valence-electron chi connectivity index (χ4n) is 4.15. The maximum Gasteiger partial charge on any atom is 0.353 e. The summed E-state index contributed by atoms with van der Waals surface area (Å²) >= 11 is 7.54. The number of fused-ring (bicyclic) bond motifs is 1. The number of rotatable bonds is 7. The minimum absolute atomic E-state index is 0.0234. The van der Waals surface area contributed by atoms with Crippen LogP contribution in [0.25, 0.3) is 0 Å². The third-order valence-corrected chi connectivity index (χ3v) is 7.20. The Morgan fingerprint density at radius 2 is 1.95 bits per heavy atom. The molecule has 3 aromatic carbocycles. The van der Waals surface area contributed by atoms with Gasteiger partial charge >= 0.3 is 5.97 Å². The molecule has 9 heteroatoms. The maximum atomic E-state index is 12.4. The highest BCUT2D eigenvalue weighted by atomic mass is 35.5. The molecule has 0 bridgehead atoms. The van der Waals surface area contributed by atoms with Crippen molar-refractivity contribution in [2.24, 2.45) is 5.73 Å². The first-order chi connectivity index (χ1) is 18.5. The minimum atomic E-state index is -0.530. The van der Waals surface area contributed by atoms with Gasteiger partial charge in [0.25, 0.3) is 0 Å². The number of hydrogen-bond acceptors (Lipinski definition) is 8. The number of halogens is 1. The molecule has 0 spiro atoms. The first-order valence-electron chi connectivity index (χ1n) is 11.5. The van der Waals surface area contributed by atoms with Crippen molar-refractivity contribution in [2.45, 2.75) is 12.5 Å². The van der Waals surface area contributed by atoms with Crippen molar-refractivity contribution >= 4 is 28.9 Å². The molecule has 1 unspecified atom stereocenters. The maximum absolute atomic E-state index is 12.4. The number of allylic oxidation sites excluding steroid dienone is 1. The first-order valence-corrected chi connectivity index (χ1v) is 12.8. The molecule has 1 aromatic heterocycles. The lowest BCUT2D eigenvalue weighted by Crippen LogP contribution is -2.21. The van der Waals surface area contributed by atoms with Crippen molar-refractivity contribution < 1.29 is 23.7 Å². The van der Waals surface area contributed by atoms with E-state index in [1.54, 1.807) is 61.0 Å². The molecule has 2 N–H and O–H groups in total. The van der Waals surface area contributed by atoms with E-state index in [1.807, 2.05) is 24.3 Å². The van der Waals surface area contributed by atoms with Crippen LogP contribution >= 0.6 is 22.9 Å². The van der Waals surface area contributed by atoms with Crippen LogP contribution in [0.3, 0.4) is 0 Å². The number of nitrogens with two attached hydrogens (primary N) is 1. The highest BCUT2D eigenvalue weighted by Crippen LogP contribution is 2.45. The van der Waals surface area contributed by atoms with Crippen molar-refractivity contribution in [3.8, 4) is 29.1 Å². The highest BCUT2D eigenvalue weighted by molar-refractivity contribution is 7.12. The van der Waals surface area contributed by atoms with Crippen LogP contribution < -0.4 is 24.7 Å². The summed E-state index contributed by atoms with van der Waals surface area (Å²) in [7, 11) is 1.54. The molecule has 4 aromatic rings. The van der Waals surface area contributed by atoms with E-state index in [1.165, 1.54) is 11.3 Å². The lowest BCUT2D eigenvalue weighted by molar-refractivity contribution is 0.0739. The van der Waals surface area contributed by atoms with Crippen LogP contribution in [0.5, 0.6) is 23.0 Å². The van der Waals surface area contributed by atoms with Gasteiger partial charge in [0.1, 0.15) is 34.6 Å². The van der Waals surface area contributed by atoms with Gasteiger partial charge in [-0.1, -0.05) is 48.0 Å². The van der Waals surface area contributed by atoms with Gasteiger partial charge in [-0.2, -0.15) is 5.26 Å². The van der Waals surface area contributed by atoms with Crippen LogP contribution in [0.4, 0.5) is 0 Å². The standard InChI is InChI=1S/C29H21ClN2O5S/c1-34-25-13-17(8-11-23(25)35-16-18-5-2-3-6-22(18)30)27-20-10-9-19(36-29(33)26-7-4-12-38-26)14-24(20)37-28(32)21(27)15-31/h2-14,27H,16,32H2,1H3. The van der Waals surface area contributed by atoms with Crippen molar-refractivity contribution in [2.75, 3.05) is 7.11 Å². The highest BCUT2D eigenvalue weighted by Gasteiger charge is 2.32. The molecule has 2 heterocycles. The number of nitriles is 1. The molecule has 0 fully saturated rings. The van der Waals surface area contributed by atoms with E-state index in [2.05, 4.69) is 6.07 Å². The summed E-state index contributed by atoms with van der Waals surface area (Å²) in [5.41, 5.74) is 8.69. The van der Waals surface area contributed by atoms with Crippen molar-refractivity contribution in [3.63, 3.8) is 0 Å². The second kappa shape index (κ2) is 10.9. The van der Waals surface area contributed by atoms with Gasteiger partial charge in [0.2, 0.25) is 5.88 Å². The Morgan fingerprint density at radius 3 is 2.68 bits per heavy atom. The molecule has 1 aliphatic heterocycles. The SMILES string of the molecule is COc1cc(C2C(C#N)=C(N)Oc3cc(OC(=O)c4cccs4)ccc32)ccc1OCc1ccccc1Cl. The monoisotopic (exact) mass is 544 g/mol. The molecule has 0 saturated carbocycles. The molecule has 190 valence electrons. The fraction of sp³-hybridized carbons (Fsp3) is 0.103. The van der Waals surface area contributed by atoms with E-state index in [9.17, 15) is 10.1 Å². The fourth-order valence-corrected chi connectivity index (χ4v) is 4.94. The number of carbonyl (C=O) groups excluding carboxylic acids is 1. The van der Waals surface area contributed by atoms with Gasteiger partial charge in [-0.3, -0.25) is 0 Å². The van der Waals surface area contributed by atoms with E-state index in [0.29, 0.717) is 38.5 Å². The number of nitrogens with zero attached hydrogens (tertiary/aromatic N) is 1. The summed E-state index contributed by atoms with van der Waals surface area (Å²) in [4.78, 5) is 12.9. The second-order valence-electron chi connectivity index (χ2n) is 8.28. The summed E-state index contributed by atoms with van der Waals surface area (Å²) < 4.78 is 22.8. The zero-order chi connectivity index (χ0) is 26.6. The van der Waals surface area contributed by atoms with E-state index in [-0.39, 0.29) is 18.1 Å². The van der Waals surface area contributed by atoms with Gasteiger partial charge < -0.3 is 24.7 Å². The van der Waals surface area contributed by atoms with Gasteiger partial charge in [0.15, 0.2) is 11.5 Å². The molecule has 0 saturated heterocycles. The average molecular weight is 545 g/mol. The van der Waals surface area contributed by atoms with Crippen LogP contribution in [0.2, 0.25) is 5.02 Å². The predicted octanol–water partition coefficient (Wildman–Crippen LogP) is 6.43. The Labute approximate surface area is 228 Å². The van der Waals surface area contributed by atoms with E-state index in [4.69, 9.17) is 36.3 Å².